The van der Waals surface area contributed by atoms with E-state index in [1.54, 1.807) is 7.05 Å². The minimum absolute atomic E-state index is 0.00694. The van der Waals surface area contributed by atoms with E-state index in [0.717, 1.165) is 22.3 Å². The number of carboxylic acids is 1. The predicted octanol–water partition coefficient (Wildman–Crippen LogP) is 4.15. The topological polar surface area (TPSA) is 123 Å². The number of benzene rings is 2. The molecular weight excluding hydrogens is 448 g/mol. The number of rotatable bonds is 9. The molecule has 0 aliphatic heterocycles. The average Bonchev–Trinajstić information content (AvgIpc) is 3.35. The van der Waals surface area contributed by atoms with Crippen LogP contribution in [0.3, 0.4) is 0 Å². The summed E-state index contributed by atoms with van der Waals surface area (Å²) in [6, 6.07) is 15.6. The molecule has 0 radical (unpaired) electrons. The van der Waals surface area contributed by atoms with Gasteiger partial charge >= 0.3 is 12.1 Å². The van der Waals surface area contributed by atoms with Gasteiger partial charge in [-0.05, 0) is 28.7 Å². The molecule has 1 heterocycles. The number of aryl methyl sites for hydroxylation is 1. The zero-order valence-electron chi connectivity index (χ0n) is 19.7. The van der Waals surface area contributed by atoms with Crippen LogP contribution in [0.4, 0.5) is 10.5 Å². The van der Waals surface area contributed by atoms with Crippen LogP contribution in [-0.4, -0.2) is 45.5 Å². The Hall–Kier alpha value is -4.14. The standard InChI is InChI=1S/C26H28N4O5/c1-3-8-16(13-23(31)32)27-25(33)24-22(14-30(2)29-24)28-26(34)35-15-21-19-11-6-4-9-17(19)18-10-5-7-12-20(18)21/h4-7,9-12,14,16,21H,3,8,13,15H2,1-2H3,(H,27,33)(H,28,34)(H,31,32)/t16-/m1/s1. The molecular formula is C26H28N4O5. The Morgan fingerprint density at radius 2 is 1.71 bits per heavy atom. The fourth-order valence-electron chi connectivity index (χ4n) is 4.53. The predicted molar refractivity (Wildman–Crippen MR) is 130 cm³/mol. The Labute approximate surface area is 203 Å². The normalized spacial score (nSPS) is 13.0. The number of nitrogens with zero attached hydrogens (tertiary/aromatic N) is 2. The van der Waals surface area contributed by atoms with E-state index in [9.17, 15) is 14.4 Å². The zero-order chi connectivity index (χ0) is 24.9. The lowest BCUT2D eigenvalue weighted by Crippen LogP contribution is -2.37. The summed E-state index contributed by atoms with van der Waals surface area (Å²) in [7, 11) is 1.63. The third-order valence-corrected chi connectivity index (χ3v) is 6.02. The number of carboxylic acid groups (broad SMARTS) is 1. The first kappa shape index (κ1) is 24.0. The minimum Gasteiger partial charge on any atom is -0.481 e. The number of aromatic nitrogens is 2. The quantitative estimate of drug-likeness (QED) is 0.426. The molecule has 9 heteroatoms. The van der Waals surface area contributed by atoms with E-state index in [0.29, 0.717) is 12.8 Å². The van der Waals surface area contributed by atoms with E-state index in [1.165, 1.54) is 10.9 Å². The smallest absolute Gasteiger partial charge is 0.411 e. The van der Waals surface area contributed by atoms with Crippen molar-refractivity contribution >= 4 is 23.7 Å². The monoisotopic (exact) mass is 476 g/mol. The van der Waals surface area contributed by atoms with Gasteiger partial charge in [0.05, 0.1) is 12.1 Å². The van der Waals surface area contributed by atoms with E-state index < -0.39 is 24.0 Å². The Bertz CT molecular complexity index is 1210. The number of hydrogen-bond acceptors (Lipinski definition) is 5. The highest BCUT2D eigenvalue weighted by molar-refractivity contribution is 6.01. The number of amides is 2. The third kappa shape index (κ3) is 5.34. The Kier molecular flexibility index (Phi) is 7.14. The number of hydrogen-bond donors (Lipinski definition) is 3. The molecule has 35 heavy (non-hydrogen) atoms. The van der Waals surface area contributed by atoms with E-state index in [1.807, 2.05) is 43.3 Å². The Morgan fingerprint density at radius 3 is 2.31 bits per heavy atom. The van der Waals surface area contributed by atoms with Crippen molar-refractivity contribution < 1.29 is 24.2 Å². The SMILES string of the molecule is CCC[C@H](CC(=O)O)NC(=O)c1nn(C)cc1NC(=O)OCC1c2ccccc2-c2ccccc21. The molecule has 1 atom stereocenters. The lowest BCUT2D eigenvalue weighted by Gasteiger charge is -2.16. The van der Waals surface area contributed by atoms with Gasteiger partial charge in [0.25, 0.3) is 5.91 Å². The molecule has 0 spiro atoms. The number of ether oxygens (including phenoxy) is 1. The van der Waals surface area contributed by atoms with Crippen LogP contribution in [0.2, 0.25) is 0 Å². The summed E-state index contributed by atoms with van der Waals surface area (Å²) in [6.07, 6.45) is 1.83. The van der Waals surface area contributed by atoms with Crippen molar-refractivity contribution in [2.24, 2.45) is 7.05 Å². The first-order valence-corrected chi connectivity index (χ1v) is 11.6. The van der Waals surface area contributed by atoms with Gasteiger partial charge in [-0.3, -0.25) is 19.6 Å². The molecule has 1 aromatic heterocycles. The molecule has 0 unspecified atom stereocenters. The lowest BCUT2D eigenvalue weighted by atomic mass is 9.98. The molecule has 3 aromatic rings. The fourth-order valence-corrected chi connectivity index (χ4v) is 4.53. The van der Waals surface area contributed by atoms with Gasteiger partial charge in [-0.1, -0.05) is 61.9 Å². The maximum absolute atomic E-state index is 12.8. The number of nitrogens with one attached hydrogen (secondary N) is 2. The van der Waals surface area contributed by atoms with Gasteiger partial charge < -0.3 is 15.2 Å². The maximum Gasteiger partial charge on any atom is 0.411 e. The van der Waals surface area contributed by atoms with Crippen LogP contribution >= 0.6 is 0 Å². The second-order valence-corrected chi connectivity index (χ2v) is 8.57. The molecule has 2 amide bonds. The molecule has 0 saturated heterocycles. The average molecular weight is 477 g/mol. The molecule has 4 rings (SSSR count). The van der Waals surface area contributed by atoms with Gasteiger partial charge in [-0.2, -0.15) is 5.10 Å². The molecule has 0 bridgehead atoms. The second kappa shape index (κ2) is 10.4. The van der Waals surface area contributed by atoms with Gasteiger partial charge in [-0.25, -0.2) is 4.79 Å². The van der Waals surface area contributed by atoms with Crippen LogP contribution in [0.5, 0.6) is 0 Å². The first-order chi connectivity index (χ1) is 16.9. The van der Waals surface area contributed by atoms with E-state index in [-0.39, 0.29) is 30.3 Å². The molecule has 182 valence electrons. The van der Waals surface area contributed by atoms with Crippen LogP contribution in [-0.2, 0) is 16.6 Å². The largest absolute Gasteiger partial charge is 0.481 e. The van der Waals surface area contributed by atoms with Crippen molar-refractivity contribution in [3.8, 4) is 11.1 Å². The molecule has 2 aromatic carbocycles. The number of carbonyl (C=O) groups is 3. The summed E-state index contributed by atoms with van der Waals surface area (Å²) < 4.78 is 6.97. The van der Waals surface area contributed by atoms with Crippen LogP contribution in [0, 0.1) is 0 Å². The van der Waals surface area contributed by atoms with Crippen LogP contribution in [0.1, 0.15) is 53.7 Å². The van der Waals surface area contributed by atoms with Gasteiger partial charge in [0.2, 0.25) is 0 Å². The lowest BCUT2D eigenvalue weighted by molar-refractivity contribution is -0.137. The number of anilines is 1. The molecule has 0 saturated carbocycles. The fraction of sp³-hybridized carbons (Fsp3) is 0.308. The molecule has 1 aliphatic rings. The van der Waals surface area contributed by atoms with Crippen molar-refractivity contribution in [1.82, 2.24) is 15.1 Å². The number of aliphatic carboxylic acids is 1. The van der Waals surface area contributed by atoms with Crippen molar-refractivity contribution in [1.29, 1.82) is 0 Å². The van der Waals surface area contributed by atoms with E-state index in [2.05, 4.69) is 27.9 Å². The van der Waals surface area contributed by atoms with Crippen LogP contribution in [0.25, 0.3) is 11.1 Å². The highest BCUT2D eigenvalue weighted by atomic mass is 16.5. The van der Waals surface area contributed by atoms with Gasteiger partial charge in [-0.15, -0.1) is 0 Å². The van der Waals surface area contributed by atoms with Gasteiger partial charge in [0.15, 0.2) is 5.69 Å². The first-order valence-electron chi connectivity index (χ1n) is 11.6. The number of fused-ring (bicyclic) bond motifs is 3. The van der Waals surface area contributed by atoms with Gasteiger partial charge in [0.1, 0.15) is 6.61 Å². The van der Waals surface area contributed by atoms with Crippen LogP contribution < -0.4 is 10.6 Å². The Morgan fingerprint density at radius 1 is 1.09 bits per heavy atom. The Balaban J connectivity index is 1.43. The number of carbonyl (C=O) groups excluding carboxylic acids is 2. The van der Waals surface area contributed by atoms with Gasteiger partial charge in [0, 0.05) is 25.2 Å². The summed E-state index contributed by atoms with van der Waals surface area (Å²) in [5, 5.41) is 18.6. The summed E-state index contributed by atoms with van der Waals surface area (Å²) in [5.41, 5.74) is 4.64. The summed E-state index contributed by atoms with van der Waals surface area (Å²) in [5.74, 6) is -1.64. The second-order valence-electron chi connectivity index (χ2n) is 8.57. The van der Waals surface area contributed by atoms with Crippen molar-refractivity contribution in [3.05, 3.63) is 71.5 Å². The maximum atomic E-state index is 12.8. The third-order valence-electron chi connectivity index (χ3n) is 6.02. The summed E-state index contributed by atoms with van der Waals surface area (Å²) >= 11 is 0. The molecule has 1 aliphatic carbocycles. The summed E-state index contributed by atoms with van der Waals surface area (Å²) in [6.45, 7) is 2.05. The highest BCUT2D eigenvalue weighted by Gasteiger charge is 2.29. The molecule has 3 N–H and O–H groups in total. The minimum atomic E-state index is -0.998. The van der Waals surface area contributed by atoms with Crippen molar-refractivity contribution in [3.63, 3.8) is 0 Å². The zero-order valence-corrected chi connectivity index (χ0v) is 19.7. The molecule has 9 nitrogen and oxygen atoms in total. The van der Waals surface area contributed by atoms with E-state index in [4.69, 9.17) is 9.84 Å². The van der Waals surface area contributed by atoms with Crippen LogP contribution in [0.15, 0.2) is 54.7 Å². The van der Waals surface area contributed by atoms with Crippen molar-refractivity contribution in [2.45, 2.75) is 38.1 Å². The summed E-state index contributed by atoms with van der Waals surface area (Å²) in [4.78, 5) is 36.6. The van der Waals surface area contributed by atoms with Crippen molar-refractivity contribution in [2.75, 3.05) is 11.9 Å². The van der Waals surface area contributed by atoms with E-state index >= 15 is 0 Å². The molecule has 0 fully saturated rings. The highest BCUT2D eigenvalue weighted by Crippen LogP contribution is 2.44.